The van der Waals surface area contributed by atoms with Gasteiger partial charge in [-0.05, 0) is 25.1 Å². The molecule has 4 nitrogen and oxygen atoms in total. The standard InChI is InChI=1S/C13H14F3N3O/c1-7(8(2)18)12(20)19-10-4-3-9(6-17)11(5-10)13(14,15)16/h3-5,7-8H,18H2,1-2H3,(H,19,20). The average molecular weight is 285 g/mol. The third-order valence-corrected chi connectivity index (χ3v) is 2.92. The lowest BCUT2D eigenvalue weighted by Gasteiger charge is -2.16. The molecular formula is C13H14F3N3O. The van der Waals surface area contributed by atoms with Crippen molar-refractivity contribution < 1.29 is 18.0 Å². The maximum absolute atomic E-state index is 12.8. The molecule has 0 aliphatic carbocycles. The lowest BCUT2D eigenvalue weighted by Crippen LogP contribution is -2.34. The first-order chi connectivity index (χ1) is 9.16. The zero-order valence-electron chi connectivity index (χ0n) is 11.0. The molecule has 2 unspecified atom stereocenters. The molecule has 0 aromatic heterocycles. The van der Waals surface area contributed by atoms with Crippen molar-refractivity contribution in [2.24, 2.45) is 11.7 Å². The summed E-state index contributed by atoms with van der Waals surface area (Å²) in [6, 6.07) is 4.06. The number of halogens is 3. The highest BCUT2D eigenvalue weighted by Gasteiger charge is 2.34. The van der Waals surface area contributed by atoms with E-state index in [0.717, 1.165) is 12.1 Å². The Labute approximate surface area is 114 Å². The van der Waals surface area contributed by atoms with Gasteiger partial charge < -0.3 is 11.1 Å². The number of carbonyl (C=O) groups excluding carboxylic acids is 1. The summed E-state index contributed by atoms with van der Waals surface area (Å²) in [6.07, 6.45) is -4.65. The molecular weight excluding hydrogens is 271 g/mol. The van der Waals surface area contributed by atoms with E-state index in [1.54, 1.807) is 13.8 Å². The fourth-order valence-corrected chi connectivity index (χ4v) is 1.45. The van der Waals surface area contributed by atoms with Crippen LogP contribution < -0.4 is 11.1 Å². The summed E-state index contributed by atoms with van der Waals surface area (Å²) in [5.41, 5.74) is 3.96. The third kappa shape index (κ3) is 3.71. The van der Waals surface area contributed by atoms with Crippen LogP contribution in [0.3, 0.4) is 0 Å². The maximum Gasteiger partial charge on any atom is 0.417 e. The van der Waals surface area contributed by atoms with E-state index in [9.17, 15) is 18.0 Å². The fraction of sp³-hybridized carbons (Fsp3) is 0.385. The first-order valence-corrected chi connectivity index (χ1v) is 5.84. The van der Waals surface area contributed by atoms with Gasteiger partial charge in [-0.25, -0.2) is 0 Å². The Hall–Kier alpha value is -2.07. The van der Waals surface area contributed by atoms with Gasteiger partial charge in [0.15, 0.2) is 0 Å². The van der Waals surface area contributed by atoms with Crippen molar-refractivity contribution in [2.45, 2.75) is 26.1 Å². The molecule has 1 aromatic carbocycles. The van der Waals surface area contributed by atoms with Crippen LogP contribution in [0, 0.1) is 17.2 Å². The lowest BCUT2D eigenvalue weighted by atomic mass is 10.0. The minimum Gasteiger partial charge on any atom is -0.327 e. The van der Waals surface area contributed by atoms with Crippen molar-refractivity contribution in [1.82, 2.24) is 0 Å². The summed E-state index contributed by atoms with van der Waals surface area (Å²) in [5, 5.41) is 11.0. The Kier molecular flexibility index (Phi) is 4.73. The van der Waals surface area contributed by atoms with Crippen LogP contribution in [0.2, 0.25) is 0 Å². The average Bonchev–Trinajstić information content (AvgIpc) is 2.36. The summed E-state index contributed by atoms with van der Waals surface area (Å²) in [5.74, 6) is -1.02. The van der Waals surface area contributed by atoms with E-state index >= 15 is 0 Å². The quantitative estimate of drug-likeness (QED) is 0.895. The van der Waals surface area contributed by atoms with Crippen LogP contribution in [0.4, 0.5) is 18.9 Å². The monoisotopic (exact) mass is 285 g/mol. The summed E-state index contributed by atoms with van der Waals surface area (Å²) in [4.78, 5) is 11.7. The van der Waals surface area contributed by atoms with Gasteiger partial charge in [-0.15, -0.1) is 0 Å². The molecule has 1 aromatic rings. The van der Waals surface area contributed by atoms with Gasteiger partial charge >= 0.3 is 6.18 Å². The highest BCUT2D eigenvalue weighted by atomic mass is 19.4. The smallest absolute Gasteiger partial charge is 0.327 e. The van der Waals surface area contributed by atoms with E-state index in [0.29, 0.717) is 0 Å². The van der Waals surface area contributed by atoms with Gasteiger partial charge in [0, 0.05) is 11.7 Å². The predicted octanol–water partition coefficient (Wildman–Crippen LogP) is 2.50. The summed E-state index contributed by atoms with van der Waals surface area (Å²) in [7, 11) is 0. The normalized spacial score (nSPS) is 14.2. The van der Waals surface area contributed by atoms with E-state index in [4.69, 9.17) is 11.0 Å². The van der Waals surface area contributed by atoms with Crippen LogP contribution in [-0.2, 0) is 11.0 Å². The van der Waals surface area contributed by atoms with Crippen LogP contribution in [-0.4, -0.2) is 11.9 Å². The first-order valence-electron chi connectivity index (χ1n) is 5.84. The topological polar surface area (TPSA) is 78.9 Å². The number of hydrogen-bond acceptors (Lipinski definition) is 3. The van der Waals surface area contributed by atoms with E-state index in [-0.39, 0.29) is 5.69 Å². The molecule has 1 amide bonds. The van der Waals surface area contributed by atoms with Crippen molar-refractivity contribution in [3.63, 3.8) is 0 Å². The molecule has 0 saturated heterocycles. The Morgan fingerprint density at radius 3 is 2.45 bits per heavy atom. The number of nitrogens with zero attached hydrogens (tertiary/aromatic N) is 1. The Bertz CT molecular complexity index is 547. The van der Waals surface area contributed by atoms with Crippen molar-refractivity contribution in [2.75, 3.05) is 5.32 Å². The molecule has 0 radical (unpaired) electrons. The van der Waals surface area contributed by atoms with Crippen molar-refractivity contribution in [3.8, 4) is 6.07 Å². The second-order valence-electron chi connectivity index (χ2n) is 4.51. The number of rotatable bonds is 3. The minimum atomic E-state index is -4.65. The summed E-state index contributed by atoms with van der Waals surface area (Å²) >= 11 is 0. The van der Waals surface area contributed by atoms with E-state index < -0.39 is 35.2 Å². The molecule has 1 rings (SSSR count). The number of benzene rings is 1. The SMILES string of the molecule is CC(N)C(C)C(=O)Nc1ccc(C#N)c(C(F)(F)F)c1. The zero-order valence-corrected chi connectivity index (χ0v) is 11.0. The molecule has 0 aliphatic rings. The zero-order chi connectivity index (χ0) is 15.5. The molecule has 0 spiro atoms. The lowest BCUT2D eigenvalue weighted by molar-refractivity contribution is -0.137. The van der Waals surface area contributed by atoms with Crippen molar-refractivity contribution >= 4 is 11.6 Å². The first kappa shape index (κ1) is 16.0. The van der Waals surface area contributed by atoms with E-state index in [2.05, 4.69) is 5.32 Å². The maximum atomic E-state index is 12.8. The van der Waals surface area contributed by atoms with Crippen LogP contribution >= 0.6 is 0 Å². The largest absolute Gasteiger partial charge is 0.417 e. The summed E-state index contributed by atoms with van der Waals surface area (Å²) < 4.78 is 38.3. The van der Waals surface area contributed by atoms with E-state index in [1.165, 1.54) is 12.1 Å². The van der Waals surface area contributed by atoms with Gasteiger partial charge in [0.1, 0.15) is 0 Å². The molecule has 7 heteroatoms. The van der Waals surface area contributed by atoms with Gasteiger partial charge in [0.05, 0.1) is 23.1 Å². The Morgan fingerprint density at radius 1 is 1.40 bits per heavy atom. The molecule has 0 aliphatic heterocycles. The van der Waals surface area contributed by atoms with Gasteiger partial charge in [-0.3, -0.25) is 4.79 Å². The highest BCUT2D eigenvalue weighted by molar-refractivity contribution is 5.92. The molecule has 0 saturated carbocycles. The second-order valence-corrected chi connectivity index (χ2v) is 4.51. The summed E-state index contributed by atoms with van der Waals surface area (Å²) in [6.45, 7) is 3.21. The molecule has 0 bridgehead atoms. The van der Waals surface area contributed by atoms with Gasteiger partial charge in [0.25, 0.3) is 0 Å². The van der Waals surface area contributed by atoms with Gasteiger partial charge in [0.2, 0.25) is 5.91 Å². The molecule has 20 heavy (non-hydrogen) atoms. The number of anilines is 1. The number of nitrogens with two attached hydrogens (primary N) is 1. The number of carbonyl (C=O) groups is 1. The Morgan fingerprint density at radius 2 is 2.00 bits per heavy atom. The number of hydrogen-bond donors (Lipinski definition) is 2. The number of nitriles is 1. The highest BCUT2D eigenvalue weighted by Crippen LogP contribution is 2.33. The van der Waals surface area contributed by atoms with Gasteiger partial charge in [-0.2, -0.15) is 18.4 Å². The van der Waals surface area contributed by atoms with Crippen LogP contribution in [0.1, 0.15) is 25.0 Å². The van der Waals surface area contributed by atoms with Crippen LogP contribution in [0.15, 0.2) is 18.2 Å². The molecule has 3 N–H and O–H groups in total. The second kappa shape index (κ2) is 5.92. The van der Waals surface area contributed by atoms with Gasteiger partial charge in [-0.1, -0.05) is 6.92 Å². The number of alkyl halides is 3. The van der Waals surface area contributed by atoms with Crippen LogP contribution in [0.25, 0.3) is 0 Å². The van der Waals surface area contributed by atoms with Crippen LogP contribution in [0.5, 0.6) is 0 Å². The molecule has 0 fully saturated rings. The number of nitrogens with one attached hydrogen (secondary N) is 1. The minimum absolute atomic E-state index is 0.0196. The van der Waals surface area contributed by atoms with Crippen molar-refractivity contribution in [1.29, 1.82) is 5.26 Å². The molecule has 0 heterocycles. The van der Waals surface area contributed by atoms with Crippen molar-refractivity contribution in [3.05, 3.63) is 29.3 Å². The molecule has 2 atom stereocenters. The number of amides is 1. The fourth-order valence-electron chi connectivity index (χ4n) is 1.45. The predicted molar refractivity (Wildman–Crippen MR) is 67.6 cm³/mol. The Balaban J connectivity index is 3.05. The molecule has 108 valence electrons. The third-order valence-electron chi connectivity index (χ3n) is 2.92. The van der Waals surface area contributed by atoms with E-state index in [1.807, 2.05) is 0 Å².